The van der Waals surface area contributed by atoms with Crippen LogP contribution < -0.4 is 11.1 Å². The molecule has 0 saturated heterocycles. The van der Waals surface area contributed by atoms with Crippen LogP contribution in [0.15, 0.2) is 35.8 Å². The predicted molar refractivity (Wildman–Crippen MR) is 94.9 cm³/mol. The van der Waals surface area contributed by atoms with Crippen LogP contribution in [0.1, 0.15) is 24.1 Å². The van der Waals surface area contributed by atoms with Gasteiger partial charge >= 0.3 is 0 Å². The zero-order chi connectivity index (χ0) is 16.9. The summed E-state index contributed by atoms with van der Waals surface area (Å²) in [6.45, 7) is 0. The average molecular weight is 342 g/mol. The van der Waals surface area contributed by atoms with Crippen molar-refractivity contribution in [2.75, 3.05) is 5.32 Å². The second-order valence-electron chi connectivity index (χ2n) is 5.55. The van der Waals surface area contributed by atoms with Crippen LogP contribution in [0.3, 0.4) is 0 Å². The van der Waals surface area contributed by atoms with E-state index in [1.54, 1.807) is 5.38 Å². The Morgan fingerprint density at radius 2 is 2.12 bits per heavy atom. The van der Waals surface area contributed by atoms with E-state index >= 15 is 0 Å². The minimum Gasteiger partial charge on any atom is -0.369 e. The molecule has 0 spiro atoms. The molecule has 0 unspecified atom stereocenters. The summed E-state index contributed by atoms with van der Waals surface area (Å²) in [5.74, 6) is -0.508. The van der Waals surface area contributed by atoms with Crippen molar-refractivity contribution in [2.45, 2.75) is 25.7 Å². The number of nitrogens with zero attached hydrogens (tertiary/aromatic N) is 1. The van der Waals surface area contributed by atoms with Gasteiger partial charge < -0.3 is 16.0 Å². The summed E-state index contributed by atoms with van der Waals surface area (Å²) in [7, 11) is 0. The van der Waals surface area contributed by atoms with E-state index in [1.165, 1.54) is 22.3 Å². The lowest BCUT2D eigenvalue weighted by Gasteiger charge is -2.02. The van der Waals surface area contributed by atoms with Gasteiger partial charge in [-0.05, 0) is 24.5 Å². The van der Waals surface area contributed by atoms with Crippen LogP contribution in [0.25, 0.3) is 10.9 Å². The second-order valence-corrected chi connectivity index (χ2v) is 6.41. The Hall–Kier alpha value is -2.67. The highest BCUT2D eigenvalue weighted by atomic mass is 32.1. The Morgan fingerprint density at radius 1 is 1.29 bits per heavy atom. The van der Waals surface area contributed by atoms with Gasteiger partial charge in [0.05, 0.1) is 12.1 Å². The highest BCUT2D eigenvalue weighted by molar-refractivity contribution is 7.13. The third-order valence-electron chi connectivity index (χ3n) is 3.68. The smallest absolute Gasteiger partial charge is 0.226 e. The van der Waals surface area contributed by atoms with Crippen molar-refractivity contribution in [3.8, 4) is 0 Å². The second kappa shape index (κ2) is 7.27. The van der Waals surface area contributed by atoms with Crippen molar-refractivity contribution < 1.29 is 9.59 Å². The van der Waals surface area contributed by atoms with Gasteiger partial charge in [0.2, 0.25) is 11.8 Å². The molecule has 0 radical (unpaired) electrons. The first-order valence-corrected chi connectivity index (χ1v) is 8.57. The Kier molecular flexibility index (Phi) is 4.90. The first-order valence-electron chi connectivity index (χ1n) is 7.69. The molecular formula is C17H18N4O2S. The molecule has 0 bridgehead atoms. The number of hydrogen-bond acceptors (Lipinski definition) is 4. The third-order valence-corrected chi connectivity index (χ3v) is 4.48. The fraction of sp³-hybridized carbons (Fsp3) is 0.235. The molecule has 0 aliphatic rings. The SMILES string of the molecule is NC(=O)Cc1csc(NC(=O)CCCc2c[nH]c3ccccc23)n1. The number of H-pyrrole nitrogens is 1. The fourth-order valence-corrected chi connectivity index (χ4v) is 3.31. The number of fused-ring (bicyclic) bond motifs is 1. The number of primary amides is 1. The van der Waals surface area contributed by atoms with E-state index in [1.807, 2.05) is 24.4 Å². The molecule has 1 aromatic carbocycles. The maximum absolute atomic E-state index is 12.0. The summed E-state index contributed by atoms with van der Waals surface area (Å²) in [6, 6.07) is 8.13. The van der Waals surface area contributed by atoms with E-state index in [2.05, 4.69) is 21.4 Å². The summed E-state index contributed by atoms with van der Waals surface area (Å²) in [6.07, 6.45) is 4.10. The Balaban J connectivity index is 1.49. The number of rotatable bonds is 7. The number of aryl methyl sites for hydroxylation is 1. The lowest BCUT2D eigenvalue weighted by molar-refractivity contribution is -0.117. The number of amides is 2. The molecule has 0 atom stereocenters. The van der Waals surface area contributed by atoms with Crippen molar-refractivity contribution in [1.29, 1.82) is 0 Å². The minimum atomic E-state index is -0.433. The van der Waals surface area contributed by atoms with Gasteiger partial charge in [-0.1, -0.05) is 18.2 Å². The van der Waals surface area contributed by atoms with Gasteiger partial charge in [0.1, 0.15) is 0 Å². The number of benzene rings is 1. The summed E-state index contributed by atoms with van der Waals surface area (Å²) < 4.78 is 0. The number of anilines is 1. The van der Waals surface area contributed by atoms with Crippen molar-refractivity contribution in [3.63, 3.8) is 0 Å². The summed E-state index contributed by atoms with van der Waals surface area (Å²) in [5, 5.41) is 6.20. The van der Waals surface area contributed by atoms with E-state index in [0.29, 0.717) is 17.2 Å². The molecule has 0 saturated carbocycles. The van der Waals surface area contributed by atoms with E-state index in [4.69, 9.17) is 5.73 Å². The number of carbonyl (C=O) groups is 2. The van der Waals surface area contributed by atoms with Gasteiger partial charge in [-0.3, -0.25) is 9.59 Å². The lowest BCUT2D eigenvalue weighted by Crippen LogP contribution is -2.14. The summed E-state index contributed by atoms with van der Waals surface area (Å²) in [4.78, 5) is 30.2. The molecule has 2 heterocycles. The highest BCUT2D eigenvalue weighted by Crippen LogP contribution is 2.20. The molecule has 3 aromatic rings. The maximum Gasteiger partial charge on any atom is 0.226 e. The molecule has 7 heteroatoms. The molecule has 0 fully saturated rings. The number of para-hydroxylation sites is 1. The molecular weight excluding hydrogens is 324 g/mol. The van der Waals surface area contributed by atoms with Crippen LogP contribution in [-0.2, 0) is 22.4 Å². The lowest BCUT2D eigenvalue weighted by atomic mass is 10.1. The van der Waals surface area contributed by atoms with Crippen molar-refractivity contribution in [2.24, 2.45) is 5.73 Å². The Morgan fingerprint density at radius 3 is 2.96 bits per heavy atom. The number of nitrogens with two attached hydrogens (primary N) is 1. The number of thiazole rings is 1. The summed E-state index contributed by atoms with van der Waals surface area (Å²) in [5.41, 5.74) is 8.04. The maximum atomic E-state index is 12.0. The monoisotopic (exact) mass is 342 g/mol. The average Bonchev–Trinajstić information content (AvgIpc) is 3.14. The molecule has 2 aromatic heterocycles. The normalized spacial score (nSPS) is 10.8. The van der Waals surface area contributed by atoms with Crippen LogP contribution in [0.5, 0.6) is 0 Å². The third kappa shape index (κ3) is 3.99. The number of hydrogen-bond donors (Lipinski definition) is 3. The van der Waals surface area contributed by atoms with Gasteiger partial charge in [0.25, 0.3) is 0 Å². The van der Waals surface area contributed by atoms with Crippen molar-refractivity contribution in [3.05, 3.63) is 47.1 Å². The molecule has 24 heavy (non-hydrogen) atoms. The Labute approximate surface area is 143 Å². The quantitative estimate of drug-likeness (QED) is 0.615. The molecule has 4 N–H and O–H groups in total. The van der Waals surface area contributed by atoms with Gasteiger partial charge in [0, 0.05) is 28.9 Å². The molecule has 0 aliphatic heterocycles. The van der Waals surface area contributed by atoms with Crippen LogP contribution in [0, 0.1) is 0 Å². The number of aromatic nitrogens is 2. The largest absolute Gasteiger partial charge is 0.369 e. The van der Waals surface area contributed by atoms with Crippen molar-refractivity contribution in [1.82, 2.24) is 9.97 Å². The number of carbonyl (C=O) groups excluding carboxylic acids is 2. The predicted octanol–water partition coefficient (Wildman–Crippen LogP) is 2.61. The Bertz CT molecular complexity index is 868. The summed E-state index contributed by atoms with van der Waals surface area (Å²) >= 11 is 1.30. The fourth-order valence-electron chi connectivity index (χ4n) is 2.58. The highest BCUT2D eigenvalue weighted by Gasteiger charge is 2.09. The first kappa shape index (κ1) is 16.2. The van der Waals surface area contributed by atoms with Gasteiger partial charge in [-0.2, -0.15) is 0 Å². The molecule has 6 nitrogen and oxygen atoms in total. The van der Waals surface area contributed by atoms with Crippen LogP contribution in [0.2, 0.25) is 0 Å². The van der Waals surface area contributed by atoms with Crippen LogP contribution in [-0.4, -0.2) is 21.8 Å². The zero-order valence-corrected chi connectivity index (χ0v) is 13.9. The minimum absolute atomic E-state index is 0.0742. The van der Waals surface area contributed by atoms with E-state index < -0.39 is 5.91 Å². The van der Waals surface area contributed by atoms with Gasteiger partial charge in [-0.25, -0.2) is 4.98 Å². The van der Waals surface area contributed by atoms with Gasteiger partial charge in [-0.15, -0.1) is 11.3 Å². The van der Waals surface area contributed by atoms with Crippen molar-refractivity contribution >= 4 is 39.2 Å². The van der Waals surface area contributed by atoms with Crippen LogP contribution >= 0.6 is 11.3 Å². The molecule has 124 valence electrons. The van der Waals surface area contributed by atoms with E-state index in [9.17, 15) is 9.59 Å². The topological polar surface area (TPSA) is 101 Å². The molecule has 3 rings (SSSR count). The first-order chi connectivity index (χ1) is 11.6. The van der Waals surface area contributed by atoms with E-state index in [-0.39, 0.29) is 12.3 Å². The zero-order valence-electron chi connectivity index (χ0n) is 13.0. The van der Waals surface area contributed by atoms with Gasteiger partial charge in [0.15, 0.2) is 5.13 Å². The molecule has 0 aliphatic carbocycles. The molecule has 2 amide bonds. The number of nitrogens with one attached hydrogen (secondary N) is 2. The standard InChI is InChI=1S/C17H18N4O2S/c18-15(22)8-12-10-24-17(20-12)21-16(23)7-3-4-11-9-19-14-6-2-1-5-13(11)14/h1-2,5-6,9-10,19H,3-4,7-8H2,(H2,18,22)(H,20,21,23). The van der Waals surface area contributed by atoms with Crippen LogP contribution in [0.4, 0.5) is 5.13 Å². The number of aromatic amines is 1. The van der Waals surface area contributed by atoms with E-state index in [0.717, 1.165) is 18.4 Å².